The predicted octanol–water partition coefficient (Wildman–Crippen LogP) is 2.35. The van der Waals surface area contributed by atoms with Crippen LogP contribution >= 0.6 is 0 Å². The molecule has 0 radical (unpaired) electrons. The van der Waals surface area contributed by atoms with Gasteiger partial charge in [0.1, 0.15) is 11.6 Å². The Hall–Kier alpha value is -1.30. The Morgan fingerprint density at radius 1 is 1.29 bits per heavy atom. The van der Waals surface area contributed by atoms with Crippen LogP contribution in [0.5, 0.6) is 0 Å². The van der Waals surface area contributed by atoms with Crippen LogP contribution in [0.4, 0.5) is 4.79 Å². The van der Waals surface area contributed by atoms with Crippen molar-refractivity contribution in [3.05, 3.63) is 0 Å². The van der Waals surface area contributed by atoms with E-state index in [-0.39, 0.29) is 6.10 Å². The molecule has 21 heavy (non-hydrogen) atoms. The Balaban J connectivity index is 2.69. The van der Waals surface area contributed by atoms with Crippen LogP contribution in [0.3, 0.4) is 0 Å². The molecule has 0 unspecified atom stereocenters. The van der Waals surface area contributed by atoms with E-state index < -0.39 is 23.7 Å². The van der Waals surface area contributed by atoms with Crippen molar-refractivity contribution in [1.29, 1.82) is 0 Å². The van der Waals surface area contributed by atoms with Crippen molar-refractivity contribution in [2.24, 2.45) is 0 Å². The predicted molar refractivity (Wildman–Crippen MR) is 78.0 cm³/mol. The van der Waals surface area contributed by atoms with Gasteiger partial charge in [0.2, 0.25) is 0 Å². The van der Waals surface area contributed by atoms with Crippen molar-refractivity contribution < 1.29 is 23.8 Å². The lowest BCUT2D eigenvalue weighted by Gasteiger charge is -2.27. The molecule has 1 heterocycles. The van der Waals surface area contributed by atoms with Crippen LogP contribution in [-0.4, -0.2) is 55.0 Å². The van der Waals surface area contributed by atoms with Gasteiger partial charge in [0.25, 0.3) is 0 Å². The molecule has 0 aromatic carbocycles. The molecule has 1 saturated heterocycles. The molecule has 0 aliphatic carbocycles. The lowest BCUT2D eigenvalue weighted by molar-refractivity contribution is -0.145. The van der Waals surface area contributed by atoms with Crippen LogP contribution < -0.4 is 0 Å². The lowest BCUT2D eigenvalue weighted by Crippen LogP contribution is -2.44. The van der Waals surface area contributed by atoms with E-state index in [0.717, 1.165) is 12.8 Å². The number of nitrogens with zero attached hydrogens (tertiary/aromatic N) is 1. The molecule has 0 aromatic heterocycles. The highest BCUT2D eigenvalue weighted by molar-refractivity contribution is 5.82. The molecule has 1 aliphatic rings. The standard InChI is InChI=1S/C15H27NO5/c1-6-7-8-20-11-9-12(13(17)19-5)16(10-11)14(18)21-15(2,3)4/h11-12H,6-10H2,1-5H3/t11-,12-/m0/s1. The highest BCUT2D eigenvalue weighted by Crippen LogP contribution is 2.24. The third-order valence-electron chi connectivity index (χ3n) is 3.22. The number of carbonyl (C=O) groups is 2. The molecule has 1 aliphatic heterocycles. The fourth-order valence-electron chi connectivity index (χ4n) is 2.19. The summed E-state index contributed by atoms with van der Waals surface area (Å²) in [5, 5.41) is 0. The summed E-state index contributed by atoms with van der Waals surface area (Å²) in [5.74, 6) is -0.428. The zero-order valence-electron chi connectivity index (χ0n) is 13.7. The van der Waals surface area contributed by atoms with Crippen LogP contribution in [0.2, 0.25) is 0 Å². The molecule has 2 atom stereocenters. The van der Waals surface area contributed by atoms with Crippen LogP contribution in [-0.2, 0) is 19.0 Å². The Morgan fingerprint density at radius 2 is 1.95 bits per heavy atom. The number of ether oxygens (including phenoxy) is 3. The largest absolute Gasteiger partial charge is 0.467 e. The average Bonchev–Trinajstić information content (AvgIpc) is 2.80. The van der Waals surface area contributed by atoms with Gasteiger partial charge in [-0.3, -0.25) is 4.90 Å². The van der Waals surface area contributed by atoms with Crippen molar-refractivity contribution in [2.75, 3.05) is 20.3 Å². The summed E-state index contributed by atoms with van der Waals surface area (Å²) in [6.45, 7) is 8.47. The smallest absolute Gasteiger partial charge is 0.411 e. The average molecular weight is 301 g/mol. The number of hydrogen-bond donors (Lipinski definition) is 0. The number of methoxy groups -OCH3 is 1. The minimum Gasteiger partial charge on any atom is -0.467 e. The number of hydrogen-bond acceptors (Lipinski definition) is 5. The Morgan fingerprint density at radius 3 is 2.48 bits per heavy atom. The molecule has 122 valence electrons. The third-order valence-corrected chi connectivity index (χ3v) is 3.22. The zero-order chi connectivity index (χ0) is 16.0. The maximum Gasteiger partial charge on any atom is 0.411 e. The van der Waals surface area contributed by atoms with Gasteiger partial charge in [0.05, 0.1) is 19.8 Å². The Bertz CT molecular complexity index is 364. The van der Waals surface area contributed by atoms with Crippen molar-refractivity contribution in [1.82, 2.24) is 4.90 Å². The second-order valence-corrected chi connectivity index (χ2v) is 6.25. The molecule has 0 aromatic rings. The van der Waals surface area contributed by atoms with Gasteiger partial charge < -0.3 is 14.2 Å². The first kappa shape index (κ1) is 17.8. The highest BCUT2D eigenvalue weighted by Gasteiger charge is 2.42. The molecule has 1 amide bonds. The molecular weight excluding hydrogens is 274 g/mol. The molecule has 0 bridgehead atoms. The molecule has 1 fully saturated rings. The molecule has 0 saturated carbocycles. The van der Waals surface area contributed by atoms with Gasteiger partial charge in [-0.2, -0.15) is 0 Å². The van der Waals surface area contributed by atoms with Gasteiger partial charge in [0.15, 0.2) is 0 Å². The van der Waals surface area contributed by atoms with Gasteiger partial charge in [-0.05, 0) is 27.2 Å². The minimum atomic E-state index is -0.628. The summed E-state index contributed by atoms with van der Waals surface area (Å²) in [6.07, 6.45) is 1.82. The molecular formula is C15H27NO5. The number of amides is 1. The van der Waals surface area contributed by atoms with Crippen LogP contribution in [0.1, 0.15) is 47.0 Å². The van der Waals surface area contributed by atoms with E-state index in [9.17, 15) is 9.59 Å². The van der Waals surface area contributed by atoms with E-state index in [4.69, 9.17) is 14.2 Å². The summed E-state index contributed by atoms with van der Waals surface area (Å²) in [7, 11) is 1.32. The Kier molecular flexibility index (Phi) is 6.45. The van der Waals surface area contributed by atoms with Crippen LogP contribution in [0, 0.1) is 0 Å². The molecule has 0 spiro atoms. The topological polar surface area (TPSA) is 65.1 Å². The van der Waals surface area contributed by atoms with Gasteiger partial charge >= 0.3 is 12.1 Å². The normalized spacial score (nSPS) is 22.2. The summed E-state index contributed by atoms with van der Waals surface area (Å²) in [4.78, 5) is 25.5. The van der Waals surface area contributed by atoms with Crippen molar-refractivity contribution >= 4 is 12.1 Å². The van der Waals surface area contributed by atoms with Gasteiger partial charge in [0, 0.05) is 13.0 Å². The van der Waals surface area contributed by atoms with Gasteiger partial charge in [-0.1, -0.05) is 13.3 Å². The summed E-state index contributed by atoms with van der Waals surface area (Å²) in [5.41, 5.74) is -0.598. The first-order valence-corrected chi connectivity index (χ1v) is 7.47. The molecule has 6 nitrogen and oxygen atoms in total. The first-order chi connectivity index (χ1) is 9.78. The SMILES string of the molecule is CCCCO[C@H]1C[C@@H](C(=O)OC)N(C(=O)OC(C)(C)C)C1. The number of rotatable bonds is 5. The second-order valence-electron chi connectivity index (χ2n) is 6.25. The second kappa shape index (κ2) is 7.64. The van der Waals surface area contributed by atoms with Gasteiger partial charge in [-0.15, -0.1) is 0 Å². The fourth-order valence-corrected chi connectivity index (χ4v) is 2.19. The van der Waals surface area contributed by atoms with E-state index in [2.05, 4.69) is 6.92 Å². The summed E-state index contributed by atoms with van der Waals surface area (Å²) < 4.78 is 15.8. The monoisotopic (exact) mass is 301 g/mol. The van der Waals surface area contributed by atoms with Crippen LogP contribution in [0.15, 0.2) is 0 Å². The number of likely N-dealkylation sites (tertiary alicyclic amines) is 1. The van der Waals surface area contributed by atoms with Gasteiger partial charge in [-0.25, -0.2) is 9.59 Å². The Labute approximate surface area is 126 Å². The molecule has 0 N–H and O–H groups in total. The number of carbonyl (C=O) groups excluding carboxylic acids is 2. The van der Waals surface area contributed by atoms with E-state index in [1.165, 1.54) is 12.0 Å². The van der Waals surface area contributed by atoms with Crippen LogP contribution in [0.25, 0.3) is 0 Å². The van der Waals surface area contributed by atoms with E-state index >= 15 is 0 Å². The van der Waals surface area contributed by atoms with Crippen molar-refractivity contribution in [2.45, 2.75) is 64.7 Å². The van der Waals surface area contributed by atoms with E-state index in [1.807, 2.05) is 0 Å². The van der Waals surface area contributed by atoms with Crippen molar-refractivity contribution in [3.63, 3.8) is 0 Å². The summed E-state index contributed by atoms with van der Waals surface area (Å²) >= 11 is 0. The lowest BCUT2D eigenvalue weighted by atomic mass is 10.2. The zero-order valence-corrected chi connectivity index (χ0v) is 13.7. The summed E-state index contributed by atoms with van der Waals surface area (Å²) in [6, 6.07) is -0.628. The number of unbranched alkanes of at least 4 members (excludes halogenated alkanes) is 1. The third kappa shape index (κ3) is 5.53. The van der Waals surface area contributed by atoms with E-state index in [1.54, 1.807) is 20.8 Å². The fraction of sp³-hybridized carbons (Fsp3) is 0.867. The van der Waals surface area contributed by atoms with E-state index in [0.29, 0.717) is 19.6 Å². The quantitative estimate of drug-likeness (QED) is 0.576. The first-order valence-electron chi connectivity index (χ1n) is 7.47. The number of esters is 1. The highest BCUT2D eigenvalue weighted by atomic mass is 16.6. The molecule has 1 rings (SSSR count). The molecule has 6 heteroatoms. The minimum absolute atomic E-state index is 0.145. The maximum absolute atomic E-state index is 12.2. The van der Waals surface area contributed by atoms with Crippen molar-refractivity contribution in [3.8, 4) is 0 Å². The maximum atomic E-state index is 12.2.